The van der Waals surface area contributed by atoms with Gasteiger partial charge in [-0.3, -0.25) is 4.90 Å². The van der Waals surface area contributed by atoms with Crippen LogP contribution in [0.1, 0.15) is 23.6 Å². The molecule has 1 aromatic rings. The van der Waals surface area contributed by atoms with Crippen molar-refractivity contribution in [3.63, 3.8) is 0 Å². The summed E-state index contributed by atoms with van der Waals surface area (Å²) in [6.45, 7) is 8.75. The Hall–Kier alpha value is -0.900. The molecule has 0 amide bonds. The molecule has 0 aliphatic carbocycles. The van der Waals surface area contributed by atoms with Gasteiger partial charge >= 0.3 is 0 Å². The second kappa shape index (κ2) is 5.63. The molecule has 1 atom stereocenters. The Bertz CT molecular complexity index is 378. The molecule has 1 aliphatic heterocycles. The van der Waals surface area contributed by atoms with Crippen molar-refractivity contribution in [1.29, 1.82) is 0 Å². The van der Waals surface area contributed by atoms with E-state index in [1.807, 2.05) is 0 Å². The van der Waals surface area contributed by atoms with Gasteiger partial charge in [-0.05, 0) is 30.5 Å². The number of hydrogen-bond donors (Lipinski definition) is 1. The van der Waals surface area contributed by atoms with Crippen LogP contribution < -0.4 is 5.73 Å². The first kappa shape index (κ1) is 12.6. The van der Waals surface area contributed by atoms with E-state index in [1.165, 1.54) is 16.7 Å². The number of nitrogens with zero attached hydrogens (tertiary/aromatic N) is 1. The van der Waals surface area contributed by atoms with Crippen LogP contribution in [0.5, 0.6) is 0 Å². The van der Waals surface area contributed by atoms with Crippen LogP contribution in [0.25, 0.3) is 0 Å². The summed E-state index contributed by atoms with van der Waals surface area (Å²) in [7, 11) is 0. The molecule has 2 rings (SSSR count). The summed E-state index contributed by atoms with van der Waals surface area (Å²) in [6.07, 6.45) is 0. The van der Waals surface area contributed by atoms with E-state index in [1.54, 1.807) is 0 Å². The molecule has 94 valence electrons. The van der Waals surface area contributed by atoms with E-state index >= 15 is 0 Å². The Morgan fingerprint density at radius 3 is 2.94 bits per heavy atom. The largest absolute Gasteiger partial charge is 0.379 e. The van der Waals surface area contributed by atoms with Crippen LogP contribution in [0.3, 0.4) is 0 Å². The van der Waals surface area contributed by atoms with Crippen molar-refractivity contribution in [1.82, 2.24) is 4.90 Å². The van der Waals surface area contributed by atoms with Gasteiger partial charge in [-0.15, -0.1) is 0 Å². The van der Waals surface area contributed by atoms with Gasteiger partial charge in [-0.2, -0.15) is 0 Å². The fourth-order valence-electron chi connectivity index (χ4n) is 2.28. The minimum absolute atomic E-state index is 0.511. The molecule has 17 heavy (non-hydrogen) atoms. The van der Waals surface area contributed by atoms with Gasteiger partial charge in [0, 0.05) is 25.7 Å². The van der Waals surface area contributed by atoms with Gasteiger partial charge in [0.1, 0.15) is 0 Å². The quantitative estimate of drug-likeness (QED) is 0.864. The highest BCUT2D eigenvalue weighted by molar-refractivity contribution is 5.31. The Labute approximate surface area is 104 Å². The molecule has 0 bridgehead atoms. The lowest BCUT2D eigenvalue weighted by atomic mass is 10.0. The third kappa shape index (κ3) is 3.06. The lowest BCUT2D eigenvalue weighted by Gasteiger charge is -2.33. The SMILES string of the molecule is Cc1cc(CN)ccc1CN1CCOCC1C. The Balaban J connectivity index is 2.07. The van der Waals surface area contributed by atoms with E-state index < -0.39 is 0 Å². The molecule has 1 aromatic carbocycles. The molecule has 1 aliphatic rings. The van der Waals surface area contributed by atoms with Gasteiger partial charge in [-0.25, -0.2) is 0 Å². The van der Waals surface area contributed by atoms with Crippen molar-refractivity contribution < 1.29 is 4.74 Å². The third-order valence-corrected chi connectivity index (χ3v) is 3.52. The predicted octanol–water partition coefficient (Wildman–Crippen LogP) is 1.67. The maximum Gasteiger partial charge on any atom is 0.0619 e. The summed E-state index contributed by atoms with van der Waals surface area (Å²) in [6, 6.07) is 7.05. The first-order valence-corrected chi connectivity index (χ1v) is 6.31. The first-order chi connectivity index (χ1) is 8.20. The van der Waals surface area contributed by atoms with Crippen molar-refractivity contribution in [2.75, 3.05) is 19.8 Å². The van der Waals surface area contributed by atoms with Gasteiger partial charge in [-0.1, -0.05) is 18.2 Å². The number of nitrogens with two attached hydrogens (primary N) is 1. The minimum Gasteiger partial charge on any atom is -0.379 e. The van der Waals surface area contributed by atoms with Crippen molar-refractivity contribution >= 4 is 0 Å². The number of ether oxygens (including phenoxy) is 1. The van der Waals surface area contributed by atoms with Crippen LogP contribution >= 0.6 is 0 Å². The molecule has 0 spiro atoms. The predicted molar refractivity (Wildman–Crippen MR) is 69.8 cm³/mol. The molecule has 1 saturated heterocycles. The van der Waals surface area contributed by atoms with Crippen LogP contribution in [0.4, 0.5) is 0 Å². The Morgan fingerprint density at radius 1 is 1.47 bits per heavy atom. The van der Waals surface area contributed by atoms with Gasteiger partial charge in [0.05, 0.1) is 13.2 Å². The average molecular weight is 234 g/mol. The summed E-state index contributed by atoms with van der Waals surface area (Å²) < 4.78 is 5.46. The number of hydrogen-bond acceptors (Lipinski definition) is 3. The zero-order valence-corrected chi connectivity index (χ0v) is 10.8. The summed E-state index contributed by atoms with van der Waals surface area (Å²) in [5.41, 5.74) is 9.60. The van der Waals surface area contributed by atoms with Crippen LogP contribution in [0.15, 0.2) is 18.2 Å². The number of aryl methyl sites for hydroxylation is 1. The van der Waals surface area contributed by atoms with Crippen LogP contribution in [-0.2, 0) is 17.8 Å². The van der Waals surface area contributed by atoms with Crippen molar-refractivity contribution in [3.05, 3.63) is 34.9 Å². The van der Waals surface area contributed by atoms with Gasteiger partial charge in [0.2, 0.25) is 0 Å². The standard InChI is InChI=1S/C14H22N2O/c1-11-7-13(8-15)3-4-14(11)9-16-5-6-17-10-12(16)2/h3-4,7,12H,5-6,8-10,15H2,1-2H3. The zero-order chi connectivity index (χ0) is 12.3. The van der Waals surface area contributed by atoms with Crippen molar-refractivity contribution in [2.45, 2.75) is 33.0 Å². The highest BCUT2D eigenvalue weighted by Gasteiger charge is 2.19. The summed E-state index contributed by atoms with van der Waals surface area (Å²) >= 11 is 0. The molecule has 3 heteroatoms. The number of benzene rings is 1. The zero-order valence-electron chi connectivity index (χ0n) is 10.8. The highest BCUT2D eigenvalue weighted by atomic mass is 16.5. The van der Waals surface area contributed by atoms with E-state index in [9.17, 15) is 0 Å². The molecule has 0 aromatic heterocycles. The van der Waals surface area contributed by atoms with E-state index in [4.69, 9.17) is 10.5 Å². The fourth-order valence-corrected chi connectivity index (χ4v) is 2.28. The number of rotatable bonds is 3. The molecule has 0 radical (unpaired) electrons. The summed E-state index contributed by atoms with van der Waals surface area (Å²) in [4.78, 5) is 2.48. The van der Waals surface area contributed by atoms with E-state index in [-0.39, 0.29) is 0 Å². The second-order valence-corrected chi connectivity index (χ2v) is 4.86. The van der Waals surface area contributed by atoms with E-state index in [0.29, 0.717) is 12.6 Å². The van der Waals surface area contributed by atoms with Crippen LogP contribution in [-0.4, -0.2) is 30.7 Å². The molecule has 0 saturated carbocycles. The molecular weight excluding hydrogens is 212 g/mol. The Kier molecular flexibility index (Phi) is 4.15. The topological polar surface area (TPSA) is 38.5 Å². The number of morpholine rings is 1. The maximum absolute atomic E-state index is 5.65. The van der Waals surface area contributed by atoms with Crippen molar-refractivity contribution in [2.24, 2.45) is 5.73 Å². The maximum atomic E-state index is 5.65. The average Bonchev–Trinajstić information content (AvgIpc) is 2.34. The normalized spacial score (nSPS) is 21.7. The second-order valence-electron chi connectivity index (χ2n) is 4.86. The molecule has 1 fully saturated rings. The fraction of sp³-hybridized carbons (Fsp3) is 0.571. The first-order valence-electron chi connectivity index (χ1n) is 6.31. The van der Waals surface area contributed by atoms with Gasteiger partial charge < -0.3 is 10.5 Å². The van der Waals surface area contributed by atoms with E-state index in [2.05, 4.69) is 36.9 Å². The monoisotopic (exact) mass is 234 g/mol. The van der Waals surface area contributed by atoms with Crippen molar-refractivity contribution in [3.8, 4) is 0 Å². The van der Waals surface area contributed by atoms with Crippen LogP contribution in [0.2, 0.25) is 0 Å². The minimum atomic E-state index is 0.511. The Morgan fingerprint density at radius 2 is 2.29 bits per heavy atom. The van der Waals surface area contributed by atoms with Gasteiger partial charge in [0.15, 0.2) is 0 Å². The van der Waals surface area contributed by atoms with Gasteiger partial charge in [0.25, 0.3) is 0 Å². The lowest BCUT2D eigenvalue weighted by molar-refractivity contribution is -0.00444. The molecule has 1 unspecified atom stereocenters. The van der Waals surface area contributed by atoms with E-state index in [0.717, 1.165) is 26.3 Å². The lowest BCUT2D eigenvalue weighted by Crippen LogP contribution is -2.43. The summed E-state index contributed by atoms with van der Waals surface area (Å²) in [5, 5.41) is 0. The molecule has 3 nitrogen and oxygen atoms in total. The molecule has 1 heterocycles. The third-order valence-electron chi connectivity index (χ3n) is 3.52. The molecule has 2 N–H and O–H groups in total. The smallest absolute Gasteiger partial charge is 0.0619 e. The highest BCUT2D eigenvalue weighted by Crippen LogP contribution is 2.16. The van der Waals surface area contributed by atoms with Crippen LogP contribution in [0, 0.1) is 6.92 Å². The molecular formula is C14H22N2O. The summed E-state index contributed by atoms with van der Waals surface area (Å²) in [5.74, 6) is 0.